The molecule has 218 valence electrons. The first-order chi connectivity index (χ1) is 19.6. The molecular formula is C33H41N3O5. The lowest BCUT2D eigenvalue weighted by Gasteiger charge is -2.18. The second-order valence-corrected chi connectivity index (χ2v) is 9.89. The van der Waals surface area contributed by atoms with E-state index in [4.69, 9.17) is 10.8 Å². The summed E-state index contributed by atoms with van der Waals surface area (Å²) in [7, 11) is 0. The van der Waals surface area contributed by atoms with Crippen LogP contribution in [0.15, 0.2) is 78.9 Å². The molecule has 4 amide bonds. The number of rotatable bonds is 10. The minimum atomic E-state index is -0.863. The maximum absolute atomic E-state index is 11.4. The lowest BCUT2D eigenvalue weighted by atomic mass is 10.0. The largest absolute Gasteiger partial charge is 0.478 e. The van der Waals surface area contributed by atoms with Crippen LogP contribution in [0.5, 0.6) is 0 Å². The molecule has 1 unspecified atom stereocenters. The molecule has 3 aromatic rings. The van der Waals surface area contributed by atoms with Crippen molar-refractivity contribution < 1.29 is 24.3 Å². The third-order valence-corrected chi connectivity index (χ3v) is 6.74. The van der Waals surface area contributed by atoms with E-state index in [1.807, 2.05) is 60.7 Å². The number of aryl methyl sites for hydroxylation is 2. The normalized spacial score (nSPS) is 13.8. The summed E-state index contributed by atoms with van der Waals surface area (Å²) in [5, 5.41) is 10.9. The number of hydrogen-bond acceptors (Lipinski definition) is 4. The number of nitrogens with one attached hydrogen (secondary N) is 1. The number of nitrogens with zero attached hydrogens (tertiary/aromatic N) is 1. The van der Waals surface area contributed by atoms with Gasteiger partial charge in [0.25, 0.3) is 5.91 Å². The van der Waals surface area contributed by atoms with Gasteiger partial charge in [-0.2, -0.15) is 0 Å². The highest BCUT2D eigenvalue weighted by Gasteiger charge is 2.34. The highest BCUT2D eigenvalue weighted by Crippen LogP contribution is 2.14. The van der Waals surface area contributed by atoms with Crippen LogP contribution in [-0.4, -0.2) is 39.9 Å². The number of carbonyl (C=O) groups is 4. The number of urea groups is 1. The Labute approximate surface area is 242 Å². The maximum atomic E-state index is 11.4. The smallest absolute Gasteiger partial charge is 0.335 e. The standard InChI is InChI=1S/C14H21NO.C11H12N2O2.C8H8O2/c1-2-3-4-5-6-9-12-10-7-8-11-13(12)14(15)16;1-8-10(14)12-11(15)13(8)7-9-5-3-2-4-6-9;1-6-4-2-3-5-7(6)8(9)10/h7-8,10-11H,2-6,9H2,1H3,(H2,15,16);2-6,8H,7H2,1H3,(H,12,14,15);2-5H,1H3,(H,9,10). The van der Waals surface area contributed by atoms with E-state index in [-0.39, 0.29) is 23.9 Å². The molecule has 1 aliphatic rings. The number of amides is 4. The summed E-state index contributed by atoms with van der Waals surface area (Å²) in [6.07, 6.45) is 7.19. The van der Waals surface area contributed by atoms with Gasteiger partial charge >= 0.3 is 12.0 Å². The number of carboxylic acid groups (broad SMARTS) is 1. The zero-order valence-electron chi connectivity index (χ0n) is 24.1. The molecule has 0 radical (unpaired) electrons. The lowest BCUT2D eigenvalue weighted by molar-refractivity contribution is -0.121. The van der Waals surface area contributed by atoms with Crippen LogP contribution in [0.4, 0.5) is 4.79 Å². The van der Waals surface area contributed by atoms with Gasteiger partial charge in [-0.05, 0) is 55.5 Å². The molecule has 3 aromatic carbocycles. The van der Waals surface area contributed by atoms with Crippen molar-refractivity contribution in [3.8, 4) is 0 Å². The van der Waals surface area contributed by atoms with Gasteiger partial charge in [-0.25, -0.2) is 9.59 Å². The van der Waals surface area contributed by atoms with E-state index < -0.39 is 5.97 Å². The fraction of sp³-hybridized carbons (Fsp3) is 0.333. The van der Waals surface area contributed by atoms with Gasteiger partial charge in [-0.15, -0.1) is 0 Å². The van der Waals surface area contributed by atoms with Gasteiger partial charge in [0, 0.05) is 12.1 Å². The first-order valence-corrected chi connectivity index (χ1v) is 14.0. The highest BCUT2D eigenvalue weighted by molar-refractivity contribution is 6.03. The van der Waals surface area contributed by atoms with Crippen LogP contribution in [-0.2, 0) is 17.8 Å². The molecule has 41 heavy (non-hydrogen) atoms. The Balaban J connectivity index is 0.000000221. The summed E-state index contributed by atoms with van der Waals surface area (Å²) >= 11 is 0. The number of carbonyl (C=O) groups excluding carboxylic acids is 3. The van der Waals surface area contributed by atoms with E-state index in [9.17, 15) is 19.2 Å². The molecular weight excluding hydrogens is 518 g/mol. The SMILES string of the molecule is CC1C(=O)NC(=O)N1Cc1ccccc1.CCCCCCCc1ccccc1C(N)=O.Cc1ccccc1C(=O)O. The Morgan fingerprint density at radius 2 is 1.44 bits per heavy atom. The van der Waals surface area contributed by atoms with E-state index in [0.717, 1.165) is 29.5 Å². The van der Waals surface area contributed by atoms with Gasteiger partial charge in [0.2, 0.25) is 5.91 Å². The third-order valence-electron chi connectivity index (χ3n) is 6.74. The predicted octanol–water partition coefficient (Wildman–Crippen LogP) is 6.12. The number of imide groups is 1. The lowest BCUT2D eigenvalue weighted by Crippen LogP contribution is -2.32. The molecule has 1 saturated heterocycles. The summed E-state index contributed by atoms with van der Waals surface area (Å²) in [5.74, 6) is -1.40. The van der Waals surface area contributed by atoms with Crippen LogP contribution in [0, 0.1) is 6.92 Å². The summed E-state index contributed by atoms with van der Waals surface area (Å²) < 4.78 is 0. The van der Waals surface area contributed by atoms with Crippen LogP contribution in [0.2, 0.25) is 0 Å². The monoisotopic (exact) mass is 559 g/mol. The van der Waals surface area contributed by atoms with Crippen molar-refractivity contribution in [2.45, 2.75) is 71.9 Å². The van der Waals surface area contributed by atoms with Crippen molar-refractivity contribution in [3.05, 3.63) is 107 Å². The Morgan fingerprint density at radius 1 is 0.854 bits per heavy atom. The predicted molar refractivity (Wildman–Crippen MR) is 161 cm³/mol. The molecule has 1 fully saturated rings. The molecule has 1 atom stereocenters. The van der Waals surface area contributed by atoms with Crippen molar-refractivity contribution in [2.24, 2.45) is 5.73 Å². The van der Waals surface area contributed by atoms with Gasteiger partial charge < -0.3 is 15.7 Å². The molecule has 4 rings (SSSR count). The molecule has 0 bridgehead atoms. The molecule has 0 saturated carbocycles. The van der Waals surface area contributed by atoms with Gasteiger partial charge in [0.1, 0.15) is 6.04 Å². The van der Waals surface area contributed by atoms with Crippen LogP contribution in [0.3, 0.4) is 0 Å². The molecule has 0 aromatic heterocycles. The fourth-order valence-electron chi connectivity index (χ4n) is 4.30. The molecule has 1 heterocycles. The third kappa shape index (κ3) is 10.9. The number of carboxylic acids is 1. The second kappa shape index (κ2) is 17.3. The zero-order valence-corrected chi connectivity index (χ0v) is 24.1. The van der Waals surface area contributed by atoms with Gasteiger partial charge in [0.15, 0.2) is 0 Å². The van der Waals surface area contributed by atoms with E-state index in [1.54, 1.807) is 32.0 Å². The average Bonchev–Trinajstić information content (AvgIpc) is 3.20. The number of unbranched alkanes of at least 4 members (excludes halogenated alkanes) is 4. The number of nitrogens with two attached hydrogens (primary N) is 1. The average molecular weight is 560 g/mol. The zero-order chi connectivity index (χ0) is 30.2. The Bertz CT molecular complexity index is 1290. The van der Waals surface area contributed by atoms with E-state index in [1.165, 1.54) is 30.6 Å². The fourth-order valence-corrected chi connectivity index (χ4v) is 4.30. The number of benzene rings is 3. The molecule has 4 N–H and O–H groups in total. The number of hydrogen-bond donors (Lipinski definition) is 3. The Kier molecular flexibility index (Phi) is 13.8. The topological polar surface area (TPSA) is 130 Å². The Hall–Kier alpha value is -4.46. The van der Waals surface area contributed by atoms with Gasteiger partial charge in [0.05, 0.1) is 5.56 Å². The van der Waals surface area contributed by atoms with Gasteiger partial charge in [-0.1, -0.05) is 99.3 Å². The number of aromatic carboxylic acids is 1. The highest BCUT2D eigenvalue weighted by atomic mass is 16.4. The first-order valence-electron chi connectivity index (χ1n) is 14.0. The van der Waals surface area contributed by atoms with Crippen LogP contribution in [0.25, 0.3) is 0 Å². The second-order valence-electron chi connectivity index (χ2n) is 9.89. The Morgan fingerprint density at radius 3 is 1.98 bits per heavy atom. The van der Waals surface area contributed by atoms with Crippen molar-refractivity contribution >= 4 is 23.8 Å². The summed E-state index contributed by atoms with van der Waals surface area (Å²) in [6, 6.07) is 23.5. The number of primary amides is 1. The molecule has 0 spiro atoms. The van der Waals surface area contributed by atoms with Crippen LogP contribution < -0.4 is 11.1 Å². The maximum Gasteiger partial charge on any atom is 0.335 e. The van der Waals surface area contributed by atoms with Crippen molar-refractivity contribution in [1.29, 1.82) is 0 Å². The summed E-state index contributed by atoms with van der Waals surface area (Å²) in [6.45, 7) is 6.19. The molecule has 0 aliphatic carbocycles. The summed E-state index contributed by atoms with van der Waals surface area (Å²) in [5.41, 5.74) is 9.30. The van der Waals surface area contributed by atoms with E-state index >= 15 is 0 Å². The first kappa shape index (κ1) is 32.8. The molecule has 8 heteroatoms. The van der Waals surface area contributed by atoms with Crippen molar-refractivity contribution in [2.75, 3.05) is 0 Å². The van der Waals surface area contributed by atoms with Crippen molar-refractivity contribution in [3.63, 3.8) is 0 Å². The van der Waals surface area contributed by atoms with E-state index in [2.05, 4.69) is 12.2 Å². The minimum Gasteiger partial charge on any atom is -0.478 e. The van der Waals surface area contributed by atoms with Crippen LogP contribution in [0.1, 0.15) is 83.4 Å². The quantitative estimate of drug-likeness (QED) is 0.204. The molecule has 8 nitrogen and oxygen atoms in total. The molecule has 1 aliphatic heterocycles. The van der Waals surface area contributed by atoms with Crippen LogP contribution >= 0.6 is 0 Å². The van der Waals surface area contributed by atoms with Gasteiger partial charge in [-0.3, -0.25) is 14.9 Å². The summed E-state index contributed by atoms with van der Waals surface area (Å²) in [4.78, 5) is 45.7. The van der Waals surface area contributed by atoms with Crippen molar-refractivity contribution in [1.82, 2.24) is 10.2 Å². The van der Waals surface area contributed by atoms with E-state index in [0.29, 0.717) is 17.7 Å². The minimum absolute atomic E-state index is 0.226.